The molecule has 2 N–H and O–H groups in total. The van der Waals surface area contributed by atoms with Gasteiger partial charge >= 0.3 is 5.97 Å². The number of carbonyl (C=O) groups excluding carboxylic acids is 3. The average Bonchev–Trinajstić information content (AvgIpc) is 2.73. The second-order valence-corrected chi connectivity index (χ2v) is 6.63. The summed E-state index contributed by atoms with van der Waals surface area (Å²) in [4.78, 5) is 34.6. The molecule has 0 saturated carbocycles. The van der Waals surface area contributed by atoms with Gasteiger partial charge in [-0.3, -0.25) is 14.4 Å². The largest absolute Gasteiger partial charge is 0.468 e. The van der Waals surface area contributed by atoms with Crippen molar-refractivity contribution in [3.8, 4) is 0 Å². The lowest BCUT2D eigenvalue weighted by Crippen LogP contribution is -2.34. The van der Waals surface area contributed by atoms with Gasteiger partial charge in [0.2, 0.25) is 11.8 Å². The van der Waals surface area contributed by atoms with Crippen LogP contribution < -0.4 is 10.6 Å². The van der Waals surface area contributed by atoms with Gasteiger partial charge in [-0.25, -0.2) is 0 Å². The summed E-state index contributed by atoms with van der Waals surface area (Å²) in [6.45, 7) is 7.75. The van der Waals surface area contributed by atoms with Crippen LogP contribution in [-0.2, 0) is 33.3 Å². The number of carbonyl (C=O) groups is 3. The molecule has 0 fully saturated rings. The number of amides is 2. The Morgan fingerprint density at radius 3 is 2.03 bits per heavy atom. The molecular formula is C20H38N2O7. The quantitative estimate of drug-likeness (QED) is 0.238. The average molecular weight is 419 g/mol. The summed E-state index contributed by atoms with van der Waals surface area (Å²) in [5.74, 6) is -1.24. The first-order chi connectivity index (χ1) is 14.0. The Bertz CT molecular complexity index is 447. The highest BCUT2D eigenvalue weighted by Crippen LogP contribution is 2.05. The fraction of sp³-hybridized carbons (Fsp3) is 0.850. The van der Waals surface area contributed by atoms with Crippen molar-refractivity contribution in [1.29, 1.82) is 0 Å². The first-order valence-electron chi connectivity index (χ1n) is 10.4. The van der Waals surface area contributed by atoms with E-state index in [4.69, 9.17) is 14.2 Å². The minimum Gasteiger partial charge on any atom is -0.468 e. The van der Waals surface area contributed by atoms with Gasteiger partial charge in [0.1, 0.15) is 6.54 Å². The maximum absolute atomic E-state index is 11.8. The van der Waals surface area contributed by atoms with Crippen molar-refractivity contribution in [2.24, 2.45) is 5.92 Å². The topological polar surface area (TPSA) is 112 Å². The minimum atomic E-state index is -0.506. The van der Waals surface area contributed by atoms with E-state index in [0.717, 1.165) is 19.4 Å². The number of methoxy groups -OCH3 is 1. The van der Waals surface area contributed by atoms with E-state index in [-0.39, 0.29) is 30.7 Å². The smallest absolute Gasteiger partial charge is 0.325 e. The van der Waals surface area contributed by atoms with E-state index in [2.05, 4.69) is 22.3 Å². The van der Waals surface area contributed by atoms with Crippen LogP contribution in [0.3, 0.4) is 0 Å². The minimum absolute atomic E-state index is 0.107. The number of hydrogen-bond acceptors (Lipinski definition) is 7. The Morgan fingerprint density at radius 2 is 1.45 bits per heavy atom. The Morgan fingerprint density at radius 1 is 0.862 bits per heavy atom. The molecule has 0 aliphatic carbocycles. The van der Waals surface area contributed by atoms with Crippen LogP contribution in [0.4, 0.5) is 0 Å². The van der Waals surface area contributed by atoms with Gasteiger partial charge in [-0.05, 0) is 19.3 Å². The van der Waals surface area contributed by atoms with Gasteiger partial charge < -0.3 is 29.6 Å². The first kappa shape index (κ1) is 27.3. The number of unbranched alkanes of at least 4 members (excludes halogenated alkanes) is 1. The molecule has 29 heavy (non-hydrogen) atoms. The Hall–Kier alpha value is -1.71. The van der Waals surface area contributed by atoms with Crippen LogP contribution in [0.15, 0.2) is 0 Å². The highest BCUT2D eigenvalue weighted by molar-refractivity contribution is 5.84. The number of rotatable bonds is 19. The molecule has 0 spiro atoms. The van der Waals surface area contributed by atoms with Crippen molar-refractivity contribution < 1.29 is 33.3 Å². The molecule has 0 aromatic carbocycles. The molecule has 9 nitrogen and oxygen atoms in total. The summed E-state index contributed by atoms with van der Waals surface area (Å²) in [6, 6.07) is 0. The Balaban J connectivity index is 3.45. The first-order valence-corrected chi connectivity index (χ1v) is 10.4. The van der Waals surface area contributed by atoms with Crippen molar-refractivity contribution in [1.82, 2.24) is 10.6 Å². The van der Waals surface area contributed by atoms with Gasteiger partial charge in [0.25, 0.3) is 0 Å². The van der Waals surface area contributed by atoms with Gasteiger partial charge in [-0.15, -0.1) is 0 Å². The monoisotopic (exact) mass is 418 g/mol. The zero-order valence-electron chi connectivity index (χ0n) is 18.1. The van der Waals surface area contributed by atoms with E-state index in [9.17, 15) is 14.4 Å². The molecule has 2 amide bonds. The molecule has 0 aromatic rings. The lowest BCUT2D eigenvalue weighted by Gasteiger charge is -2.11. The molecule has 1 atom stereocenters. The summed E-state index contributed by atoms with van der Waals surface area (Å²) in [7, 11) is 1.26. The molecule has 0 rings (SSSR count). The van der Waals surface area contributed by atoms with E-state index in [1.54, 1.807) is 6.92 Å². The lowest BCUT2D eigenvalue weighted by molar-refractivity contribution is -0.141. The highest BCUT2D eigenvalue weighted by Gasteiger charge is 2.15. The fourth-order valence-electron chi connectivity index (χ4n) is 2.16. The summed E-state index contributed by atoms with van der Waals surface area (Å²) in [6.07, 6.45) is 3.58. The summed E-state index contributed by atoms with van der Waals surface area (Å²) in [5.41, 5.74) is 0. The van der Waals surface area contributed by atoms with Gasteiger partial charge in [0, 0.05) is 32.1 Å². The molecule has 0 aliphatic rings. The third-order valence-electron chi connectivity index (χ3n) is 4.06. The van der Waals surface area contributed by atoms with Gasteiger partial charge in [0.15, 0.2) is 0 Å². The maximum atomic E-state index is 11.8. The number of nitrogens with one attached hydrogen (secondary N) is 2. The van der Waals surface area contributed by atoms with Crippen LogP contribution in [0.1, 0.15) is 46.0 Å². The van der Waals surface area contributed by atoms with Crippen LogP contribution in [-0.4, -0.2) is 77.6 Å². The second kappa shape index (κ2) is 19.6. The van der Waals surface area contributed by atoms with Crippen LogP contribution in [0.5, 0.6) is 0 Å². The predicted molar refractivity (Wildman–Crippen MR) is 108 cm³/mol. The van der Waals surface area contributed by atoms with E-state index < -0.39 is 5.97 Å². The van der Waals surface area contributed by atoms with Crippen molar-refractivity contribution in [3.05, 3.63) is 0 Å². The highest BCUT2D eigenvalue weighted by atomic mass is 16.5. The van der Waals surface area contributed by atoms with Gasteiger partial charge in [-0.1, -0.05) is 20.3 Å². The predicted octanol–water partition coefficient (Wildman–Crippen LogP) is 1.05. The SMILES string of the molecule is CCCCOCCOCCOCCCNC(=O)CC[C@H](C)C(=O)NCC(=O)OC. The van der Waals surface area contributed by atoms with Crippen LogP contribution >= 0.6 is 0 Å². The number of hydrogen-bond donors (Lipinski definition) is 2. The van der Waals surface area contributed by atoms with E-state index in [0.29, 0.717) is 52.4 Å². The number of esters is 1. The molecule has 0 radical (unpaired) electrons. The zero-order chi connectivity index (χ0) is 21.7. The fourth-order valence-corrected chi connectivity index (χ4v) is 2.16. The molecule has 0 aromatic heterocycles. The molecular weight excluding hydrogens is 380 g/mol. The van der Waals surface area contributed by atoms with Crippen molar-refractivity contribution >= 4 is 17.8 Å². The molecule has 0 aliphatic heterocycles. The standard InChI is InChI=1S/C20H38N2O7/c1-4-5-10-27-12-14-29-15-13-28-11-6-9-21-18(23)8-7-17(2)20(25)22-16-19(24)26-3/h17H,4-16H2,1-3H3,(H,21,23)(H,22,25)/t17-/m0/s1. The summed E-state index contributed by atoms with van der Waals surface area (Å²) >= 11 is 0. The molecule has 0 bridgehead atoms. The lowest BCUT2D eigenvalue weighted by atomic mass is 10.0. The Labute approximate surface area is 174 Å². The van der Waals surface area contributed by atoms with Crippen molar-refractivity contribution in [3.63, 3.8) is 0 Å². The third-order valence-corrected chi connectivity index (χ3v) is 4.06. The van der Waals surface area contributed by atoms with Crippen molar-refractivity contribution in [2.75, 3.05) is 59.8 Å². The molecule has 0 heterocycles. The van der Waals surface area contributed by atoms with E-state index in [1.165, 1.54) is 7.11 Å². The van der Waals surface area contributed by atoms with Crippen molar-refractivity contribution in [2.45, 2.75) is 46.0 Å². The normalized spacial score (nSPS) is 11.7. The van der Waals surface area contributed by atoms with Crippen LogP contribution in [0.2, 0.25) is 0 Å². The van der Waals surface area contributed by atoms with E-state index in [1.807, 2.05) is 0 Å². The third kappa shape index (κ3) is 18.1. The summed E-state index contributed by atoms with van der Waals surface area (Å²) in [5, 5.41) is 5.27. The number of ether oxygens (including phenoxy) is 4. The van der Waals surface area contributed by atoms with Crippen LogP contribution in [0, 0.1) is 5.92 Å². The zero-order valence-corrected chi connectivity index (χ0v) is 18.1. The van der Waals surface area contributed by atoms with Gasteiger partial charge in [0.05, 0.1) is 33.5 Å². The molecule has 0 unspecified atom stereocenters. The Kier molecular flexibility index (Phi) is 18.4. The second-order valence-electron chi connectivity index (χ2n) is 6.63. The summed E-state index contributed by atoms with van der Waals surface area (Å²) < 4.78 is 20.7. The van der Waals surface area contributed by atoms with Crippen LogP contribution in [0.25, 0.3) is 0 Å². The van der Waals surface area contributed by atoms with Gasteiger partial charge in [-0.2, -0.15) is 0 Å². The molecule has 0 saturated heterocycles. The maximum Gasteiger partial charge on any atom is 0.325 e. The molecule has 9 heteroatoms. The molecule has 170 valence electrons. The van der Waals surface area contributed by atoms with E-state index >= 15 is 0 Å².